The van der Waals surface area contributed by atoms with Crippen molar-refractivity contribution >= 4 is 16.0 Å². The molecule has 0 fully saturated rings. The van der Waals surface area contributed by atoms with E-state index in [2.05, 4.69) is 9.82 Å². The van der Waals surface area contributed by atoms with Gasteiger partial charge in [-0.15, -0.1) is 0 Å². The molecule has 7 nitrogen and oxygen atoms in total. The third-order valence-corrected chi connectivity index (χ3v) is 5.06. The van der Waals surface area contributed by atoms with Crippen LogP contribution in [0.3, 0.4) is 0 Å². The molecule has 0 aliphatic heterocycles. The minimum absolute atomic E-state index is 0.107. The van der Waals surface area contributed by atoms with Gasteiger partial charge >= 0.3 is 5.97 Å². The smallest absolute Gasteiger partial charge is 0.322 e. The Kier molecular flexibility index (Phi) is 5.40. The predicted molar refractivity (Wildman–Crippen MR) is 83.2 cm³/mol. The van der Waals surface area contributed by atoms with E-state index in [0.29, 0.717) is 24.2 Å². The molecule has 0 saturated heterocycles. The number of aliphatic carboxylic acids is 1. The van der Waals surface area contributed by atoms with Gasteiger partial charge in [-0.1, -0.05) is 34.6 Å². The Bertz CT molecular complexity index is 656. The van der Waals surface area contributed by atoms with E-state index >= 15 is 0 Å². The number of hydrogen-bond donors (Lipinski definition) is 2. The lowest BCUT2D eigenvalue weighted by atomic mass is 9.88. The zero-order valence-electron chi connectivity index (χ0n) is 14.0. The molecular formula is C14H25N3O4S. The van der Waals surface area contributed by atoms with Crippen LogP contribution < -0.4 is 4.72 Å². The van der Waals surface area contributed by atoms with Gasteiger partial charge in [0.05, 0.1) is 11.4 Å². The van der Waals surface area contributed by atoms with Crippen molar-refractivity contribution < 1.29 is 18.3 Å². The fourth-order valence-electron chi connectivity index (χ4n) is 2.34. The normalized spacial score (nSPS) is 14.1. The van der Waals surface area contributed by atoms with E-state index in [9.17, 15) is 18.3 Å². The molecule has 0 unspecified atom stereocenters. The molecule has 0 radical (unpaired) electrons. The molecule has 0 amide bonds. The van der Waals surface area contributed by atoms with E-state index in [0.717, 1.165) is 0 Å². The van der Waals surface area contributed by atoms with Crippen molar-refractivity contribution in [3.05, 3.63) is 11.4 Å². The van der Waals surface area contributed by atoms with E-state index in [1.54, 1.807) is 32.5 Å². The maximum atomic E-state index is 12.7. The molecule has 22 heavy (non-hydrogen) atoms. The molecule has 0 aromatic carbocycles. The number of carboxylic acids is 1. The maximum absolute atomic E-state index is 12.7. The Morgan fingerprint density at radius 2 is 1.86 bits per heavy atom. The number of aromatic nitrogens is 2. The first-order valence-electron chi connectivity index (χ1n) is 7.25. The second-order valence-corrected chi connectivity index (χ2v) is 7.96. The predicted octanol–water partition coefficient (Wildman–Crippen LogP) is 1.32. The van der Waals surface area contributed by atoms with Gasteiger partial charge in [0, 0.05) is 7.05 Å². The summed E-state index contributed by atoms with van der Waals surface area (Å²) in [5, 5.41) is 13.6. The molecule has 126 valence electrons. The summed E-state index contributed by atoms with van der Waals surface area (Å²) in [6.07, 6.45) is 0.949. The first-order valence-corrected chi connectivity index (χ1v) is 8.73. The van der Waals surface area contributed by atoms with Crippen molar-refractivity contribution in [3.63, 3.8) is 0 Å². The van der Waals surface area contributed by atoms with Gasteiger partial charge in [0.25, 0.3) is 0 Å². The summed E-state index contributed by atoms with van der Waals surface area (Å²) < 4.78 is 29.4. The molecule has 1 aromatic heterocycles. The molecule has 0 spiro atoms. The lowest BCUT2D eigenvalue weighted by molar-refractivity contribution is -0.141. The Balaban J connectivity index is 3.39. The highest BCUT2D eigenvalue weighted by Gasteiger charge is 2.37. The first-order chi connectivity index (χ1) is 9.95. The second kappa shape index (κ2) is 6.37. The van der Waals surface area contributed by atoms with E-state index in [4.69, 9.17) is 0 Å². The summed E-state index contributed by atoms with van der Waals surface area (Å²) in [7, 11) is -2.28. The van der Waals surface area contributed by atoms with Crippen LogP contribution in [-0.4, -0.2) is 35.3 Å². The number of nitrogens with one attached hydrogen (secondary N) is 1. The summed E-state index contributed by atoms with van der Waals surface area (Å²) in [4.78, 5) is 11.5. The average molecular weight is 331 g/mol. The highest BCUT2D eigenvalue weighted by Crippen LogP contribution is 2.25. The van der Waals surface area contributed by atoms with Crippen molar-refractivity contribution in [1.82, 2.24) is 14.5 Å². The van der Waals surface area contributed by atoms with E-state index in [1.165, 1.54) is 0 Å². The third-order valence-electron chi connectivity index (χ3n) is 3.51. The molecule has 0 saturated carbocycles. The zero-order valence-corrected chi connectivity index (χ0v) is 14.8. The van der Waals surface area contributed by atoms with Crippen LogP contribution in [0.4, 0.5) is 0 Å². The van der Waals surface area contributed by atoms with Gasteiger partial charge in [-0.05, 0) is 18.3 Å². The van der Waals surface area contributed by atoms with Crippen molar-refractivity contribution in [3.8, 4) is 0 Å². The molecule has 8 heteroatoms. The quantitative estimate of drug-likeness (QED) is 0.819. The van der Waals surface area contributed by atoms with E-state index in [-0.39, 0.29) is 4.90 Å². The molecule has 1 rings (SSSR count). The largest absolute Gasteiger partial charge is 0.480 e. The van der Waals surface area contributed by atoms with Crippen LogP contribution in [0.2, 0.25) is 0 Å². The number of sulfonamides is 1. The van der Waals surface area contributed by atoms with Gasteiger partial charge in [0.2, 0.25) is 10.0 Å². The van der Waals surface area contributed by atoms with Gasteiger partial charge in [0.15, 0.2) is 0 Å². The Hall–Kier alpha value is -1.41. The fourth-order valence-corrected chi connectivity index (χ4v) is 4.31. The van der Waals surface area contributed by atoms with Crippen LogP contribution in [-0.2, 0) is 34.7 Å². The summed E-state index contributed by atoms with van der Waals surface area (Å²) in [6, 6.07) is -1.22. The molecule has 0 aliphatic rings. The van der Waals surface area contributed by atoms with E-state index in [1.807, 2.05) is 13.8 Å². The summed E-state index contributed by atoms with van der Waals surface area (Å²) >= 11 is 0. The Morgan fingerprint density at radius 1 is 1.32 bits per heavy atom. The maximum Gasteiger partial charge on any atom is 0.322 e. The highest BCUT2D eigenvalue weighted by molar-refractivity contribution is 7.89. The second-order valence-electron chi connectivity index (χ2n) is 6.31. The minimum atomic E-state index is -3.97. The van der Waals surface area contributed by atoms with Crippen LogP contribution in [0.15, 0.2) is 4.90 Å². The molecule has 1 aromatic rings. The average Bonchev–Trinajstić information content (AvgIpc) is 2.71. The SMILES string of the molecule is CCc1nn(C)c(CC)c1S(=O)(=O)N[C@H](C(=O)O)C(C)(C)C. The van der Waals surface area contributed by atoms with Crippen LogP contribution in [0.1, 0.15) is 46.0 Å². The number of carboxylic acid groups (broad SMARTS) is 1. The number of nitrogens with zero attached hydrogens (tertiary/aromatic N) is 2. The number of carbonyl (C=O) groups is 1. The van der Waals surface area contributed by atoms with Gasteiger partial charge in [-0.25, -0.2) is 8.42 Å². The molecule has 1 heterocycles. The van der Waals surface area contributed by atoms with Gasteiger partial charge in [0.1, 0.15) is 10.9 Å². The minimum Gasteiger partial charge on any atom is -0.480 e. The van der Waals surface area contributed by atoms with Gasteiger partial charge in [-0.3, -0.25) is 9.48 Å². The van der Waals surface area contributed by atoms with Crippen molar-refractivity contribution in [2.24, 2.45) is 12.5 Å². The van der Waals surface area contributed by atoms with E-state index < -0.39 is 27.4 Å². The highest BCUT2D eigenvalue weighted by atomic mass is 32.2. The van der Waals surface area contributed by atoms with Crippen LogP contribution in [0.5, 0.6) is 0 Å². The van der Waals surface area contributed by atoms with Crippen LogP contribution in [0.25, 0.3) is 0 Å². The Labute approximate surface area is 131 Å². The lowest BCUT2D eigenvalue weighted by Crippen LogP contribution is -2.49. The van der Waals surface area contributed by atoms with Crippen LogP contribution >= 0.6 is 0 Å². The zero-order chi connectivity index (χ0) is 17.3. The Morgan fingerprint density at radius 3 is 2.23 bits per heavy atom. The topological polar surface area (TPSA) is 101 Å². The molecule has 0 aliphatic carbocycles. The van der Waals surface area contributed by atoms with Crippen molar-refractivity contribution in [2.45, 2.75) is 58.4 Å². The standard InChI is InChI=1S/C14H25N3O4S/c1-7-9-11(10(8-2)17(6)15-9)22(20,21)16-12(13(18)19)14(3,4)5/h12,16H,7-8H2,1-6H3,(H,18,19)/t12-/m1/s1. The van der Waals surface area contributed by atoms with Crippen LogP contribution in [0, 0.1) is 5.41 Å². The molecule has 2 N–H and O–H groups in total. The van der Waals surface area contributed by atoms with Gasteiger partial charge < -0.3 is 5.11 Å². The summed E-state index contributed by atoms with van der Waals surface area (Å²) in [5.41, 5.74) is 0.271. The summed E-state index contributed by atoms with van der Waals surface area (Å²) in [6.45, 7) is 8.70. The molecular weight excluding hydrogens is 306 g/mol. The number of aryl methyl sites for hydroxylation is 2. The third kappa shape index (κ3) is 3.67. The number of rotatable bonds is 6. The lowest BCUT2D eigenvalue weighted by Gasteiger charge is -2.27. The monoisotopic (exact) mass is 331 g/mol. The van der Waals surface area contributed by atoms with Gasteiger partial charge in [-0.2, -0.15) is 9.82 Å². The van der Waals surface area contributed by atoms with Crippen molar-refractivity contribution in [1.29, 1.82) is 0 Å². The summed E-state index contributed by atoms with van der Waals surface area (Å²) in [5.74, 6) is -1.20. The molecule has 0 bridgehead atoms. The van der Waals surface area contributed by atoms with Crippen molar-refractivity contribution in [2.75, 3.05) is 0 Å². The number of hydrogen-bond acceptors (Lipinski definition) is 4. The fraction of sp³-hybridized carbons (Fsp3) is 0.714. The molecule has 1 atom stereocenters. The first kappa shape index (κ1) is 18.6.